The minimum absolute atomic E-state index is 0.0436. The molecule has 0 amide bonds. The summed E-state index contributed by atoms with van der Waals surface area (Å²) < 4.78 is 16.8. The number of carbonyl (C=O) groups is 1. The van der Waals surface area contributed by atoms with E-state index in [-0.39, 0.29) is 29.2 Å². The van der Waals surface area contributed by atoms with E-state index in [0.29, 0.717) is 26.2 Å². The van der Waals surface area contributed by atoms with Crippen molar-refractivity contribution in [2.75, 3.05) is 19.6 Å². The molecule has 14 heteroatoms. The predicted octanol–water partition coefficient (Wildman–Crippen LogP) is 4.95. The number of nitrogens with one attached hydrogen (secondary N) is 1. The lowest BCUT2D eigenvalue weighted by molar-refractivity contribution is -0.393. The zero-order valence-electron chi connectivity index (χ0n) is 19.8. The van der Waals surface area contributed by atoms with E-state index in [0.717, 1.165) is 12.1 Å². The fraction of sp³-hybridized carbons (Fsp3) is 0.167. The first-order valence-corrected chi connectivity index (χ1v) is 11.9. The third kappa shape index (κ3) is 5.15. The number of methoxy groups -OCH3 is 2. The fourth-order valence-electron chi connectivity index (χ4n) is 3.92. The van der Waals surface area contributed by atoms with Crippen molar-refractivity contribution >= 4 is 51.3 Å². The van der Waals surface area contributed by atoms with E-state index < -0.39 is 33.3 Å². The maximum atomic E-state index is 12.7. The number of phenols is 1. The van der Waals surface area contributed by atoms with Crippen molar-refractivity contribution in [2.45, 2.75) is 12.5 Å². The van der Waals surface area contributed by atoms with Crippen LogP contribution >= 0.6 is 22.6 Å². The number of rotatable bonds is 9. The minimum Gasteiger partial charge on any atom is -0.507 e. The number of nitro benzene ring substituents is 2. The van der Waals surface area contributed by atoms with Gasteiger partial charge in [0, 0.05) is 18.1 Å². The lowest BCUT2D eigenvalue weighted by atomic mass is 9.97. The van der Waals surface area contributed by atoms with Gasteiger partial charge in [-0.05, 0) is 58.5 Å². The van der Waals surface area contributed by atoms with Gasteiger partial charge in [0.2, 0.25) is 0 Å². The number of benzene rings is 3. The number of aromatic hydroxyl groups is 1. The number of hydrazone groups is 1. The molecule has 0 fully saturated rings. The average Bonchev–Trinajstić information content (AvgIpc) is 3.22. The van der Waals surface area contributed by atoms with Crippen LogP contribution in [0.4, 0.5) is 17.1 Å². The molecule has 1 heterocycles. The molecule has 1 aliphatic heterocycles. The summed E-state index contributed by atoms with van der Waals surface area (Å²) in [6.45, 7) is 0. The largest absolute Gasteiger partial charge is 0.507 e. The highest BCUT2D eigenvalue weighted by Gasteiger charge is 2.36. The number of ether oxygens (including phenoxy) is 3. The third-order valence-electron chi connectivity index (χ3n) is 5.74. The monoisotopic (exact) mass is 634 g/mol. The normalized spacial score (nSPS) is 14.4. The van der Waals surface area contributed by atoms with Crippen LogP contribution in [0.5, 0.6) is 17.2 Å². The smallest absolute Gasteiger partial charge is 0.343 e. The first kappa shape index (κ1) is 26.6. The molecule has 1 aliphatic rings. The zero-order valence-corrected chi connectivity index (χ0v) is 22.0. The van der Waals surface area contributed by atoms with E-state index in [2.05, 4.69) is 10.5 Å². The topological polar surface area (TPSA) is 176 Å². The molecule has 2 N–H and O–H groups in total. The molecule has 0 spiro atoms. The van der Waals surface area contributed by atoms with Gasteiger partial charge in [-0.15, -0.1) is 0 Å². The number of carbonyl (C=O) groups excluding carboxylic acids is 1. The molecule has 196 valence electrons. The number of hydrogen-bond donors (Lipinski definition) is 2. The van der Waals surface area contributed by atoms with E-state index in [4.69, 9.17) is 14.2 Å². The first-order valence-electron chi connectivity index (χ1n) is 10.8. The summed E-state index contributed by atoms with van der Waals surface area (Å²) in [6.07, 6.45) is -0.737. The van der Waals surface area contributed by atoms with Crippen molar-refractivity contribution < 1.29 is 34.0 Å². The molecular formula is C24H19IN4O9. The second kappa shape index (κ2) is 10.9. The number of non-ortho nitro benzene ring substituents is 1. The van der Waals surface area contributed by atoms with Crippen molar-refractivity contribution in [3.63, 3.8) is 0 Å². The highest BCUT2D eigenvalue weighted by molar-refractivity contribution is 14.1. The van der Waals surface area contributed by atoms with E-state index in [1.165, 1.54) is 26.4 Å². The van der Waals surface area contributed by atoms with Crippen molar-refractivity contribution in [1.29, 1.82) is 0 Å². The van der Waals surface area contributed by atoms with Crippen LogP contribution in [0.2, 0.25) is 0 Å². The number of nitro groups is 2. The average molecular weight is 634 g/mol. The second-order valence-corrected chi connectivity index (χ2v) is 9.08. The lowest BCUT2D eigenvalue weighted by Crippen LogP contribution is -2.12. The summed E-state index contributed by atoms with van der Waals surface area (Å²) in [7, 11) is 2.85. The van der Waals surface area contributed by atoms with Crippen molar-refractivity contribution in [2.24, 2.45) is 5.10 Å². The summed E-state index contributed by atoms with van der Waals surface area (Å²) in [4.78, 5) is 33.9. The van der Waals surface area contributed by atoms with Crippen LogP contribution in [0, 0.1) is 23.8 Å². The van der Waals surface area contributed by atoms with Gasteiger partial charge in [-0.2, -0.15) is 5.10 Å². The van der Waals surface area contributed by atoms with E-state index in [1.54, 1.807) is 24.3 Å². The molecule has 3 aromatic carbocycles. The summed E-state index contributed by atoms with van der Waals surface area (Å²) in [5.74, 6) is 0.0225. The number of fused-ring (bicyclic) bond motifs is 1. The Hall–Kier alpha value is -4.47. The van der Waals surface area contributed by atoms with Crippen LogP contribution in [-0.4, -0.2) is 40.9 Å². The maximum Gasteiger partial charge on any atom is 0.343 e. The molecule has 0 radical (unpaired) electrons. The fourth-order valence-corrected chi connectivity index (χ4v) is 4.44. The number of cyclic esters (lactones) is 1. The van der Waals surface area contributed by atoms with Crippen LogP contribution < -0.4 is 14.9 Å². The molecular weight excluding hydrogens is 615 g/mol. The summed E-state index contributed by atoms with van der Waals surface area (Å²) in [6, 6.07) is 11.1. The maximum absolute atomic E-state index is 12.7. The van der Waals surface area contributed by atoms with E-state index in [9.17, 15) is 30.1 Å². The van der Waals surface area contributed by atoms with Gasteiger partial charge in [0.25, 0.3) is 5.69 Å². The van der Waals surface area contributed by atoms with Gasteiger partial charge < -0.3 is 19.3 Å². The van der Waals surface area contributed by atoms with Crippen LogP contribution in [0.25, 0.3) is 0 Å². The highest BCUT2D eigenvalue weighted by atomic mass is 127. The second-order valence-electron chi connectivity index (χ2n) is 7.92. The molecule has 0 aromatic heterocycles. The van der Waals surface area contributed by atoms with Gasteiger partial charge in [-0.1, -0.05) is 6.07 Å². The molecule has 0 bridgehead atoms. The SMILES string of the molecule is COc1ccc2c(c1OC)C(=O)O[C@@H]2C/C(=N\Nc1ccc([N+](=O)[O-])cc1[N+](=O)[O-])c1ccc(O)c(I)c1. The lowest BCUT2D eigenvalue weighted by Gasteiger charge is -2.15. The molecule has 38 heavy (non-hydrogen) atoms. The molecule has 1 atom stereocenters. The van der Waals surface area contributed by atoms with Crippen molar-refractivity contribution in [3.05, 3.63) is 89.0 Å². The first-order chi connectivity index (χ1) is 18.1. The Kier molecular flexibility index (Phi) is 7.61. The molecule has 0 aliphatic carbocycles. The van der Waals surface area contributed by atoms with Gasteiger partial charge in [0.05, 0.1) is 39.4 Å². The number of nitrogens with zero attached hydrogens (tertiary/aromatic N) is 3. The number of hydrogen-bond acceptors (Lipinski definition) is 11. The minimum atomic E-state index is -0.781. The zero-order chi connectivity index (χ0) is 27.6. The standard InChI is InChI=1S/C24H19IN4O9/c1-36-20-8-5-14-21(38-24(31)22(14)23(20)37-2)11-17(12-3-7-19(30)15(25)9-12)27-26-16-6-4-13(28(32)33)10-18(16)29(34)35/h3-10,21,26,30H,11H2,1-2H3/b27-17+/t21-/m1/s1. The van der Waals surface area contributed by atoms with Gasteiger partial charge in [-0.3, -0.25) is 25.7 Å². The predicted molar refractivity (Wildman–Crippen MR) is 143 cm³/mol. The van der Waals surface area contributed by atoms with Crippen molar-refractivity contribution in [1.82, 2.24) is 0 Å². The van der Waals surface area contributed by atoms with Crippen molar-refractivity contribution in [3.8, 4) is 17.2 Å². The quantitative estimate of drug-likeness (QED) is 0.108. The van der Waals surface area contributed by atoms with Crippen LogP contribution in [0.3, 0.4) is 0 Å². The molecule has 0 saturated carbocycles. The molecule has 3 aromatic rings. The van der Waals surface area contributed by atoms with Gasteiger partial charge in [-0.25, -0.2) is 4.79 Å². The van der Waals surface area contributed by atoms with Crippen LogP contribution in [0.1, 0.15) is 34.0 Å². The highest BCUT2D eigenvalue weighted by Crippen LogP contribution is 2.43. The van der Waals surface area contributed by atoms with Gasteiger partial charge in [0.1, 0.15) is 23.1 Å². The Balaban J connectivity index is 1.75. The molecule has 0 unspecified atom stereocenters. The third-order valence-corrected chi connectivity index (χ3v) is 6.60. The Morgan fingerprint density at radius 2 is 1.87 bits per heavy atom. The van der Waals surface area contributed by atoms with Gasteiger partial charge >= 0.3 is 11.7 Å². The summed E-state index contributed by atoms with van der Waals surface area (Å²) >= 11 is 1.94. The molecule has 0 saturated heterocycles. The molecule has 4 rings (SSSR count). The van der Waals surface area contributed by atoms with Crippen LogP contribution in [-0.2, 0) is 4.74 Å². The van der Waals surface area contributed by atoms with Gasteiger partial charge in [0.15, 0.2) is 11.5 Å². The number of phenolic OH excluding ortho intramolecular Hbond substituents is 1. The Bertz CT molecular complexity index is 1490. The molecule has 13 nitrogen and oxygen atoms in total. The number of esters is 1. The Labute approximate surface area is 228 Å². The summed E-state index contributed by atoms with van der Waals surface area (Å²) in [5.41, 5.74) is 3.17. The van der Waals surface area contributed by atoms with E-state index in [1.807, 2.05) is 22.6 Å². The summed E-state index contributed by atoms with van der Waals surface area (Å²) in [5, 5.41) is 36.9. The van der Waals surface area contributed by atoms with Crippen LogP contribution in [0.15, 0.2) is 53.6 Å². The van der Waals surface area contributed by atoms with E-state index >= 15 is 0 Å². The number of anilines is 1. The number of halogens is 1. The Morgan fingerprint density at radius 3 is 2.50 bits per heavy atom. The Morgan fingerprint density at radius 1 is 1.11 bits per heavy atom.